The molecule has 0 aliphatic carbocycles. The monoisotopic (exact) mass is 618 g/mol. The second-order valence-electron chi connectivity index (χ2n) is 8.84. The van der Waals surface area contributed by atoms with E-state index in [0.29, 0.717) is 145 Å². The summed E-state index contributed by atoms with van der Waals surface area (Å²) in [7, 11) is 0. The van der Waals surface area contributed by atoms with Gasteiger partial charge in [-0.15, -0.1) is 11.6 Å². The van der Waals surface area contributed by atoms with Crippen molar-refractivity contribution in [2.24, 2.45) is 0 Å². The van der Waals surface area contributed by atoms with Gasteiger partial charge in [0.1, 0.15) is 0 Å². The molecule has 0 saturated heterocycles. The van der Waals surface area contributed by atoms with E-state index in [1.54, 1.807) is 0 Å². The molecule has 0 saturated carbocycles. The second-order valence-corrected chi connectivity index (χ2v) is 9.22. The van der Waals surface area contributed by atoms with Crippen LogP contribution in [0.25, 0.3) is 0 Å². The summed E-state index contributed by atoms with van der Waals surface area (Å²) in [5, 5.41) is 0. The fourth-order valence-electron chi connectivity index (χ4n) is 3.16. The van der Waals surface area contributed by atoms with E-state index in [1.807, 2.05) is 0 Å². The Bertz CT molecular complexity index is 415. The van der Waals surface area contributed by atoms with Crippen LogP contribution < -0.4 is 0 Å². The third kappa shape index (κ3) is 39.9. The molecule has 248 valence electrons. The van der Waals surface area contributed by atoms with Crippen molar-refractivity contribution < 1.29 is 52.1 Å². The van der Waals surface area contributed by atoms with Crippen LogP contribution in [0.1, 0.15) is 39.0 Å². The Morgan fingerprint density at radius 2 is 0.488 bits per heavy atom. The van der Waals surface area contributed by atoms with Crippen LogP contribution >= 0.6 is 11.6 Å². The molecule has 0 aliphatic heterocycles. The smallest absolute Gasteiger partial charge is 0.0701 e. The Morgan fingerprint density at radius 3 is 0.732 bits per heavy atom. The molecule has 0 heterocycles. The van der Waals surface area contributed by atoms with Crippen molar-refractivity contribution in [1.82, 2.24) is 0 Å². The molecule has 0 bridgehead atoms. The first-order chi connectivity index (χ1) is 20.4. The molecule has 0 aliphatic rings. The van der Waals surface area contributed by atoms with Crippen molar-refractivity contribution >= 4 is 11.6 Å². The largest absolute Gasteiger partial charge is 0.379 e. The highest BCUT2D eigenvalue weighted by Gasteiger charge is 1.96. The lowest BCUT2D eigenvalue weighted by molar-refractivity contribution is -0.0274. The van der Waals surface area contributed by atoms with E-state index in [2.05, 4.69) is 6.92 Å². The predicted octanol–water partition coefficient (Wildman–Crippen LogP) is 3.38. The fraction of sp³-hybridized carbons (Fsp3) is 1.00. The number of rotatable bonds is 38. The molecule has 11 nitrogen and oxygen atoms in total. The lowest BCUT2D eigenvalue weighted by atomic mass is 10.2. The zero-order valence-electron chi connectivity index (χ0n) is 25.7. The highest BCUT2D eigenvalue weighted by molar-refractivity contribution is 6.17. The van der Waals surface area contributed by atoms with Crippen molar-refractivity contribution in [2.75, 3.05) is 151 Å². The van der Waals surface area contributed by atoms with Crippen LogP contribution in [0.2, 0.25) is 0 Å². The molecule has 0 aromatic carbocycles. The minimum Gasteiger partial charge on any atom is -0.379 e. The average Bonchev–Trinajstić information content (AvgIpc) is 2.98. The Morgan fingerprint density at radius 1 is 0.268 bits per heavy atom. The molecule has 0 atom stereocenters. The zero-order valence-corrected chi connectivity index (χ0v) is 26.4. The van der Waals surface area contributed by atoms with Crippen LogP contribution in [0, 0.1) is 0 Å². The van der Waals surface area contributed by atoms with Crippen LogP contribution in [0.15, 0.2) is 0 Å². The lowest BCUT2D eigenvalue weighted by Crippen LogP contribution is -2.15. The molecular weight excluding hydrogens is 560 g/mol. The van der Waals surface area contributed by atoms with Gasteiger partial charge in [-0.1, -0.05) is 32.6 Å². The highest BCUT2D eigenvalue weighted by atomic mass is 35.5. The minimum atomic E-state index is 0.501. The van der Waals surface area contributed by atoms with Crippen molar-refractivity contribution in [3.63, 3.8) is 0 Å². The molecule has 0 aromatic heterocycles. The van der Waals surface area contributed by atoms with Gasteiger partial charge in [0.2, 0.25) is 0 Å². The SMILES string of the molecule is CCCCCCCOCCOCCOCCOCCOCCOCCOCCOCCOCCOCCOCCCl. The van der Waals surface area contributed by atoms with E-state index in [9.17, 15) is 0 Å². The summed E-state index contributed by atoms with van der Waals surface area (Å²) in [6.45, 7) is 14.5. The Hall–Kier alpha value is -0.150. The number of alkyl halides is 1. The number of hydrogen-bond donors (Lipinski definition) is 0. The third-order valence-electron chi connectivity index (χ3n) is 5.33. The van der Waals surface area contributed by atoms with Gasteiger partial charge in [0.25, 0.3) is 0 Å². The van der Waals surface area contributed by atoms with Gasteiger partial charge >= 0.3 is 0 Å². The van der Waals surface area contributed by atoms with Gasteiger partial charge in [-0.2, -0.15) is 0 Å². The summed E-state index contributed by atoms with van der Waals surface area (Å²) in [5.41, 5.74) is 0. The quantitative estimate of drug-likeness (QED) is 0.0752. The van der Waals surface area contributed by atoms with Crippen molar-refractivity contribution in [2.45, 2.75) is 39.0 Å². The van der Waals surface area contributed by atoms with Gasteiger partial charge in [0.05, 0.1) is 139 Å². The van der Waals surface area contributed by atoms with Crippen LogP contribution in [0.5, 0.6) is 0 Å². The molecular formula is C29H59ClO11. The topological polar surface area (TPSA) is 102 Å². The van der Waals surface area contributed by atoms with E-state index in [4.69, 9.17) is 63.7 Å². The molecule has 0 spiro atoms. The van der Waals surface area contributed by atoms with Crippen molar-refractivity contribution in [1.29, 1.82) is 0 Å². The predicted molar refractivity (Wildman–Crippen MR) is 158 cm³/mol. The summed E-state index contributed by atoms with van der Waals surface area (Å²) in [4.78, 5) is 0. The molecule has 0 amide bonds. The molecule has 12 heteroatoms. The summed E-state index contributed by atoms with van der Waals surface area (Å²) in [6.07, 6.45) is 6.28. The average molecular weight is 619 g/mol. The molecule has 0 aromatic rings. The normalized spacial score (nSPS) is 11.6. The Labute approximate surface area is 254 Å². The highest BCUT2D eigenvalue weighted by Crippen LogP contribution is 2.02. The first-order valence-electron chi connectivity index (χ1n) is 15.3. The maximum atomic E-state index is 5.55. The van der Waals surface area contributed by atoms with E-state index in [-0.39, 0.29) is 0 Å². The standard InChI is InChI=1S/C29H59ClO11/c1-2-3-4-5-6-8-31-10-12-33-14-16-35-18-20-37-22-24-39-26-28-41-29-27-40-25-23-38-21-19-36-17-15-34-13-11-32-9-7-30/h2-29H2,1H3. The maximum absolute atomic E-state index is 5.55. The molecule has 0 N–H and O–H groups in total. The number of halogens is 1. The summed E-state index contributed by atoms with van der Waals surface area (Å²) >= 11 is 5.51. The van der Waals surface area contributed by atoms with Crippen molar-refractivity contribution in [3.8, 4) is 0 Å². The molecule has 0 fully saturated rings. The first-order valence-corrected chi connectivity index (χ1v) is 15.9. The van der Waals surface area contributed by atoms with Gasteiger partial charge in [-0.05, 0) is 6.42 Å². The third-order valence-corrected chi connectivity index (χ3v) is 5.49. The van der Waals surface area contributed by atoms with Crippen LogP contribution in [-0.4, -0.2) is 151 Å². The van der Waals surface area contributed by atoms with Gasteiger partial charge < -0.3 is 52.1 Å². The maximum Gasteiger partial charge on any atom is 0.0701 e. The van der Waals surface area contributed by atoms with E-state index in [1.165, 1.54) is 25.7 Å². The van der Waals surface area contributed by atoms with E-state index >= 15 is 0 Å². The summed E-state index contributed by atoms with van der Waals surface area (Å²) < 4.78 is 59.8. The second kappa shape index (κ2) is 39.8. The lowest BCUT2D eigenvalue weighted by Gasteiger charge is -2.09. The van der Waals surface area contributed by atoms with Crippen LogP contribution in [0.4, 0.5) is 0 Å². The zero-order chi connectivity index (χ0) is 29.6. The molecule has 0 radical (unpaired) electrons. The molecule has 0 rings (SSSR count). The first kappa shape index (κ1) is 40.9. The van der Waals surface area contributed by atoms with Crippen molar-refractivity contribution in [3.05, 3.63) is 0 Å². The van der Waals surface area contributed by atoms with Gasteiger partial charge in [0, 0.05) is 12.5 Å². The Balaban J connectivity index is 3.02. The van der Waals surface area contributed by atoms with Gasteiger partial charge in [-0.25, -0.2) is 0 Å². The van der Waals surface area contributed by atoms with Crippen LogP contribution in [0.3, 0.4) is 0 Å². The fourth-order valence-corrected chi connectivity index (χ4v) is 3.27. The number of unbranched alkanes of at least 4 members (excludes halogenated alkanes) is 4. The minimum absolute atomic E-state index is 0.501. The Kier molecular flexibility index (Phi) is 39.7. The number of ether oxygens (including phenoxy) is 11. The summed E-state index contributed by atoms with van der Waals surface area (Å²) in [6, 6.07) is 0. The van der Waals surface area contributed by atoms with E-state index in [0.717, 1.165) is 13.0 Å². The number of hydrogen-bond acceptors (Lipinski definition) is 11. The summed E-state index contributed by atoms with van der Waals surface area (Å²) in [5.74, 6) is 0.501. The molecule has 0 unspecified atom stereocenters. The molecule has 41 heavy (non-hydrogen) atoms. The van der Waals surface area contributed by atoms with E-state index < -0.39 is 0 Å². The van der Waals surface area contributed by atoms with Gasteiger partial charge in [0.15, 0.2) is 0 Å². The van der Waals surface area contributed by atoms with Gasteiger partial charge in [-0.3, -0.25) is 0 Å². The van der Waals surface area contributed by atoms with Crippen LogP contribution in [-0.2, 0) is 52.1 Å².